The lowest BCUT2D eigenvalue weighted by Gasteiger charge is -2.23. The van der Waals surface area contributed by atoms with Crippen molar-refractivity contribution < 1.29 is 4.84 Å². The van der Waals surface area contributed by atoms with Gasteiger partial charge < -0.3 is 0 Å². The minimum absolute atomic E-state index is 0.0434. The number of hydrogen-bond donors (Lipinski definition) is 0. The molecule has 1 aromatic carbocycles. The molecule has 0 amide bonds. The quantitative estimate of drug-likeness (QED) is 0.730. The molecule has 4 heteroatoms. The molecule has 1 aliphatic heterocycles. The van der Waals surface area contributed by atoms with Crippen molar-refractivity contribution in [2.75, 3.05) is 5.06 Å². The van der Waals surface area contributed by atoms with Gasteiger partial charge in [-0.05, 0) is 29.8 Å². The van der Waals surface area contributed by atoms with E-state index in [0.717, 1.165) is 24.4 Å². The summed E-state index contributed by atoms with van der Waals surface area (Å²) in [7, 11) is 0. The summed E-state index contributed by atoms with van der Waals surface area (Å²) in [6, 6.07) is 22.5. The third kappa shape index (κ3) is 3.14. The molecule has 1 fully saturated rings. The van der Waals surface area contributed by atoms with E-state index in [0.29, 0.717) is 0 Å². The first-order valence-electron chi connectivity index (χ1n) is 8.22. The van der Waals surface area contributed by atoms with Crippen LogP contribution in [0, 0.1) is 0 Å². The maximum absolute atomic E-state index is 6.26. The van der Waals surface area contributed by atoms with Gasteiger partial charge in [-0.25, -0.2) is 10.0 Å². The van der Waals surface area contributed by atoms with Crippen LogP contribution in [-0.2, 0) is 11.3 Å². The van der Waals surface area contributed by atoms with E-state index in [4.69, 9.17) is 4.84 Å². The predicted molar refractivity (Wildman–Crippen MR) is 93.3 cm³/mol. The molecule has 120 valence electrons. The molecule has 4 rings (SSSR count). The number of rotatable bonds is 4. The van der Waals surface area contributed by atoms with Gasteiger partial charge in [-0.1, -0.05) is 42.5 Å². The van der Waals surface area contributed by atoms with Crippen LogP contribution >= 0.6 is 0 Å². The Balaban J connectivity index is 1.61. The van der Waals surface area contributed by atoms with Crippen LogP contribution in [0.5, 0.6) is 0 Å². The van der Waals surface area contributed by atoms with Gasteiger partial charge in [-0.15, -0.1) is 0 Å². The van der Waals surface area contributed by atoms with Crippen LogP contribution in [0.1, 0.15) is 23.8 Å². The lowest BCUT2D eigenvalue weighted by molar-refractivity contribution is 0.0821. The van der Waals surface area contributed by atoms with Gasteiger partial charge in [0.2, 0.25) is 0 Å². The molecule has 2 aromatic heterocycles. The van der Waals surface area contributed by atoms with Gasteiger partial charge in [0.05, 0.1) is 6.04 Å². The third-order valence-electron chi connectivity index (χ3n) is 4.28. The van der Waals surface area contributed by atoms with Crippen molar-refractivity contribution in [2.45, 2.75) is 25.0 Å². The Kier molecular flexibility index (Phi) is 4.21. The Hall–Kier alpha value is -2.72. The first-order chi connectivity index (χ1) is 11.9. The second-order valence-electron chi connectivity index (χ2n) is 5.93. The highest BCUT2D eigenvalue weighted by atomic mass is 16.7. The molecule has 1 saturated heterocycles. The van der Waals surface area contributed by atoms with Crippen molar-refractivity contribution in [3.05, 3.63) is 90.4 Å². The first kappa shape index (κ1) is 14.8. The van der Waals surface area contributed by atoms with Gasteiger partial charge >= 0.3 is 0 Å². The number of anilines is 1. The number of hydroxylamine groups is 1. The van der Waals surface area contributed by atoms with E-state index in [-0.39, 0.29) is 12.1 Å². The molecule has 0 saturated carbocycles. The van der Waals surface area contributed by atoms with E-state index >= 15 is 0 Å². The number of nitrogens with zero attached hydrogens (tertiary/aromatic N) is 3. The highest BCUT2D eigenvalue weighted by Crippen LogP contribution is 2.36. The smallest absolute Gasteiger partial charge is 0.152 e. The van der Waals surface area contributed by atoms with E-state index in [2.05, 4.69) is 40.3 Å². The molecule has 3 heterocycles. The van der Waals surface area contributed by atoms with Crippen LogP contribution in [0.3, 0.4) is 0 Å². The second kappa shape index (κ2) is 6.81. The van der Waals surface area contributed by atoms with Crippen molar-refractivity contribution >= 4 is 5.82 Å². The summed E-state index contributed by atoms with van der Waals surface area (Å²) in [6.45, 7) is 0. The van der Waals surface area contributed by atoms with Crippen LogP contribution in [0.25, 0.3) is 0 Å². The lowest BCUT2D eigenvalue weighted by Crippen LogP contribution is -2.30. The molecule has 0 N–H and O–H groups in total. The molecule has 0 aliphatic carbocycles. The van der Waals surface area contributed by atoms with Crippen LogP contribution in [0.2, 0.25) is 0 Å². The fourth-order valence-electron chi connectivity index (χ4n) is 3.13. The fourth-order valence-corrected chi connectivity index (χ4v) is 3.13. The van der Waals surface area contributed by atoms with E-state index < -0.39 is 0 Å². The lowest BCUT2D eigenvalue weighted by atomic mass is 10.00. The molecular weight excluding hydrogens is 298 g/mol. The molecule has 4 nitrogen and oxygen atoms in total. The number of aromatic nitrogens is 2. The van der Waals surface area contributed by atoms with Crippen molar-refractivity contribution in [2.24, 2.45) is 0 Å². The first-order valence-corrected chi connectivity index (χ1v) is 8.22. The van der Waals surface area contributed by atoms with Gasteiger partial charge in [-0.2, -0.15) is 0 Å². The minimum Gasteiger partial charge on any atom is -0.264 e. The molecule has 2 atom stereocenters. The van der Waals surface area contributed by atoms with Crippen LogP contribution in [-0.4, -0.2) is 16.0 Å². The van der Waals surface area contributed by atoms with E-state index in [1.165, 1.54) is 5.56 Å². The molecule has 1 aliphatic rings. The van der Waals surface area contributed by atoms with Gasteiger partial charge in [-0.3, -0.25) is 9.82 Å². The van der Waals surface area contributed by atoms with Crippen LogP contribution in [0.15, 0.2) is 79.1 Å². The number of pyridine rings is 2. The maximum atomic E-state index is 6.26. The number of hydrogen-bond acceptors (Lipinski definition) is 4. The largest absolute Gasteiger partial charge is 0.264 e. The topological polar surface area (TPSA) is 38.2 Å². The zero-order valence-electron chi connectivity index (χ0n) is 13.3. The van der Waals surface area contributed by atoms with Gasteiger partial charge in [0.25, 0.3) is 0 Å². The summed E-state index contributed by atoms with van der Waals surface area (Å²) < 4.78 is 0. The van der Waals surface area contributed by atoms with Gasteiger partial charge in [0.15, 0.2) is 5.82 Å². The summed E-state index contributed by atoms with van der Waals surface area (Å²) in [5.41, 5.74) is 2.27. The fraction of sp³-hybridized carbons (Fsp3) is 0.200. The SMILES string of the molecule is c1ccc([C@@H]2C[C@H](Cc3ccccn3)N(c3ccccn3)O2)cc1. The standard InChI is InChI=1S/C20H19N3O/c1-2-8-16(9-3-1)19-15-18(14-17-10-4-6-12-21-17)23(24-19)20-11-5-7-13-22-20/h1-13,18-19H,14-15H2/t18-,19-/m0/s1. The molecule has 24 heavy (non-hydrogen) atoms. The zero-order valence-corrected chi connectivity index (χ0v) is 13.3. The summed E-state index contributed by atoms with van der Waals surface area (Å²) in [4.78, 5) is 15.2. The van der Waals surface area contributed by atoms with Crippen molar-refractivity contribution in [3.63, 3.8) is 0 Å². The molecule has 0 bridgehead atoms. The summed E-state index contributed by atoms with van der Waals surface area (Å²) in [5, 5.41) is 1.95. The summed E-state index contributed by atoms with van der Waals surface area (Å²) in [5.74, 6) is 0.844. The monoisotopic (exact) mass is 317 g/mol. The molecule has 0 spiro atoms. The van der Waals surface area contributed by atoms with E-state index in [9.17, 15) is 0 Å². The maximum Gasteiger partial charge on any atom is 0.152 e. The Morgan fingerprint density at radius 1 is 0.875 bits per heavy atom. The highest BCUT2D eigenvalue weighted by molar-refractivity contribution is 5.38. The predicted octanol–water partition coefficient (Wildman–Crippen LogP) is 3.97. The van der Waals surface area contributed by atoms with E-state index in [1.807, 2.05) is 47.7 Å². The van der Waals surface area contributed by atoms with Crippen LogP contribution in [0.4, 0.5) is 5.82 Å². The minimum atomic E-state index is 0.0434. The second-order valence-corrected chi connectivity index (χ2v) is 5.93. The Morgan fingerprint density at radius 3 is 2.33 bits per heavy atom. The van der Waals surface area contributed by atoms with Crippen molar-refractivity contribution in [3.8, 4) is 0 Å². The average Bonchev–Trinajstić information content (AvgIpc) is 3.08. The zero-order chi connectivity index (χ0) is 16.2. The molecule has 0 unspecified atom stereocenters. The molecule has 3 aromatic rings. The third-order valence-corrected chi connectivity index (χ3v) is 4.28. The Labute approximate surface area is 141 Å². The van der Waals surface area contributed by atoms with Gasteiger partial charge in [0, 0.05) is 30.9 Å². The Morgan fingerprint density at radius 2 is 1.62 bits per heavy atom. The molecule has 0 radical (unpaired) electrons. The average molecular weight is 317 g/mol. The van der Waals surface area contributed by atoms with Crippen molar-refractivity contribution in [1.29, 1.82) is 0 Å². The van der Waals surface area contributed by atoms with Gasteiger partial charge in [0.1, 0.15) is 6.10 Å². The molecular formula is C20H19N3O. The van der Waals surface area contributed by atoms with Crippen LogP contribution < -0.4 is 5.06 Å². The Bertz CT molecular complexity index is 765. The highest BCUT2D eigenvalue weighted by Gasteiger charge is 2.35. The van der Waals surface area contributed by atoms with E-state index in [1.54, 1.807) is 6.20 Å². The van der Waals surface area contributed by atoms with Crippen molar-refractivity contribution in [1.82, 2.24) is 9.97 Å². The summed E-state index contributed by atoms with van der Waals surface area (Å²) in [6.07, 6.45) is 5.43. The normalized spacial score (nSPS) is 20.2. The number of benzene rings is 1. The summed E-state index contributed by atoms with van der Waals surface area (Å²) >= 11 is 0.